The summed E-state index contributed by atoms with van der Waals surface area (Å²) in [6.45, 7) is 4.54. The predicted octanol–water partition coefficient (Wildman–Crippen LogP) is 6.41. The van der Waals surface area contributed by atoms with Crippen molar-refractivity contribution in [3.8, 4) is 5.75 Å². The zero-order valence-corrected chi connectivity index (χ0v) is 20.3. The molecule has 5 nitrogen and oxygen atoms in total. The molecule has 2 N–H and O–H groups in total. The van der Waals surface area contributed by atoms with Gasteiger partial charge in [-0.25, -0.2) is 10.2 Å². The van der Waals surface area contributed by atoms with Gasteiger partial charge < -0.3 is 10.1 Å². The van der Waals surface area contributed by atoms with Crippen molar-refractivity contribution in [2.75, 3.05) is 5.32 Å². The number of hydrazone groups is 1. The van der Waals surface area contributed by atoms with E-state index in [-0.39, 0.29) is 0 Å². The molecule has 30 heavy (non-hydrogen) atoms. The van der Waals surface area contributed by atoms with Crippen LogP contribution in [-0.2, 0) is 6.61 Å². The van der Waals surface area contributed by atoms with Gasteiger partial charge in [-0.05, 0) is 89.5 Å². The van der Waals surface area contributed by atoms with E-state index in [0.29, 0.717) is 12.3 Å². The molecular formula is C23H21BrIN3O2. The third-order valence-corrected chi connectivity index (χ3v) is 6.00. The summed E-state index contributed by atoms with van der Waals surface area (Å²) in [5.74, 6) is 0.810. The van der Waals surface area contributed by atoms with E-state index < -0.39 is 6.03 Å². The Kier molecular flexibility index (Phi) is 7.87. The first-order valence-corrected chi connectivity index (χ1v) is 11.1. The van der Waals surface area contributed by atoms with Gasteiger partial charge in [-0.15, -0.1) is 0 Å². The number of carbonyl (C=O) groups is 1. The lowest BCUT2D eigenvalue weighted by molar-refractivity contribution is 0.252. The minimum atomic E-state index is -0.402. The summed E-state index contributed by atoms with van der Waals surface area (Å²) in [7, 11) is 0. The maximum atomic E-state index is 12.0. The molecule has 0 aromatic heterocycles. The molecule has 0 bridgehead atoms. The predicted molar refractivity (Wildman–Crippen MR) is 133 cm³/mol. The number of nitrogens with zero attached hydrogens (tertiary/aromatic N) is 1. The molecule has 2 amide bonds. The van der Waals surface area contributed by atoms with Crippen molar-refractivity contribution in [1.82, 2.24) is 5.43 Å². The second-order valence-electron chi connectivity index (χ2n) is 6.75. The summed E-state index contributed by atoms with van der Waals surface area (Å²) in [6, 6.07) is 19.2. The number of carbonyl (C=O) groups excluding carboxylic acids is 1. The van der Waals surface area contributed by atoms with Gasteiger partial charge in [0.1, 0.15) is 12.4 Å². The summed E-state index contributed by atoms with van der Waals surface area (Å²) in [5, 5.41) is 6.76. The first-order valence-electron chi connectivity index (χ1n) is 9.25. The highest BCUT2D eigenvalue weighted by atomic mass is 127. The van der Waals surface area contributed by atoms with Crippen molar-refractivity contribution in [1.29, 1.82) is 0 Å². The fraction of sp³-hybridized carbons (Fsp3) is 0.130. The van der Waals surface area contributed by atoms with E-state index in [9.17, 15) is 4.79 Å². The normalized spacial score (nSPS) is 10.8. The molecule has 3 aromatic rings. The Bertz CT molecular complexity index is 1070. The van der Waals surface area contributed by atoms with Crippen molar-refractivity contribution in [2.24, 2.45) is 5.10 Å². The molecule has 0 spiro atoms. The minimum Gasteiger partial charge on any atom is -0.488 e. The second kappa shape index (κ2) is 10.6. The fourth-order valence-corrected chi connectivity index (χ4v) is 3.55. The molecule has 0 radical (unpaired) electrons. The lowest BCUT2D eigenvalue weighted by Crippen LogP contribution is -2.24. The lowest BCUT2D eigenvalue weighted by atomic mass is 10.2. The lowest BCUT2D eigenvalue weighted by Gasteiger charge is -2.09. The van der Waals surface area contributed by atoms with Gasteiger partial charge in [0.05, 0.1) is 9.78 Å². The molecule has 7 heteroatoms. The van der Waals surface area contributed by atoms with Crippen LogP contribution in [0.3, 0.4) is 0 Å². The number of halogens is 2. The summed E-state index contributed by atoms with van der Waals surface area (Å²) < 4.78 is 7.87. The number of benzene rings is 3. The Morgan fingerprint density at radius 2 is 1.87 bits per heavy atom. The average Bonchev–Trinajstić information content (AvgIpc) is 2.71. The number of rotatable bonds is 6. The first-order chi connectivity index (χ1) is 14.4. The molecule has 0 unspecified atom stereocenters. The fourth-order valence-electron chi connectivity index (χ4n) is 2.61. The van der Waals surface area contributed by atoms with Crippen LogP contribution in [0.4, 0.5) is 10.5 Å². The van der Waals surface area contributed by atoms with Gasteiger partial charge in [-0.1, -0.05) is 45.8 Å². The number of amides is 2. The van der Waals surface area contributed by atoms with Crippen molar-refractivity contribution in [3.05, 3.63) is 91.0 Å². The van der Waals surface area contributed by atoms with Crippen LogP contribution in [0.2, 0.25) is 0 Å². The summed E-state index contributed by atoms with van der Waals surface area (Å²) >= 11 is 5.67. The maximum Gasteiger partial charge on any atom is 0.339 e. The van der Waals surface area contributed by atoms with Gasteiger partial charge in [0.2, 0.25) is 0 Å². The highest BCUT2D eigenvalue weighted by Crippen LogP contribution is 2.23. The molecule has 0 aliphatic rings. The Morgan fingerprint density at radius 1 is 1.10 bits per heavy atom. The summed E-state index contributed by atoms with van der Waals surface area (Å²) in [4.78, 5) is 12.0. The van der Waals surface area contributed by atoms with Crippen LogP contribution in [-0.4, -0.2) is 12.2 Å². The molecule has 0 saturated heterocycles. The van der Waals surface area contributed by atoms with Gasteiger partial charge in [0, 0.05) is 10.2 Å². The van der Waals surface area contributed by atoms with Gasteiger partial charge in [0.25, 0.3) is 0 Å². The van der Waals surface area contributed by atoms with Gasteiger partial charge >= 0.3 is 6.03 Å². The number of urea groups is 1. The van der Waals surface area contributed by atoms with Crippen LogP contribution in [0.1, 0.15) is 22.3 Å². The van der Waals surface area contributed by atoms with Crippen LogP contribution in [0, 0.1) is 17.4 Å². The number of hydrogen-bond acceptors (Lipinski definition) is 3. The van der Waals surface area contributed by atoms with Crippen LogP contribution >= 0.6 is 38.5 Å². The van der Waals surface area contributed by atoms with Crippen LogP contribution in [0.15, 0.2) is 70.2 Å². The summed E-state index contributed by atoms with van der Waals surface area (Å²) in [6.07, 6.45) is 1.60. The minimum absolute atomic E-state index is 0.402. The van der Waals surface area contributed by atoms with Gasteiger partial charge in [0.15, 0.2) is 0 Å². The molecule has 0 atom stereocenters. The van der Waals surface area contributed by atoms with E-state index in [0.717, 1.165) is 30.5 Å². The topological polar surface area (TPSA) is 62.7 Å². The van der Waals surface area contributed by atoms with E-state index in [4.69, 9.17) is 4.74 Å². The van der Waals surface area contributed by atoms with Crippen LogP contribution < -0.4 is 15.5 Å². The number of anilines is 1. The number of ether oxygens (including phenoxy) is 1. The average molecular weight is 578 g/mol. The Hall–Kier alpha value is -2.39. The maximum absolute atomic E-state index is 12.0. The van der Waals surface area contributed by atoms with E-state index >= 15 is 0 Å². The van der Waals surface area contributed by atoms with E-state index in [1.165, 1.54) is 5.56 Å². The quantitative estimate of drug-likeness (QED) is 0.202. The monoisotopic (exact) mass is 577 g/mol. The Morgan fingerprint density at radius 3 is 2.57 bits per heavy atom. The van der Waals surface area contributed by atoms with Crippen molar-refractivity contribution in [2.45, 2.75) is 20.5 Å². The molecule has 3 aromatic carbocycles. The van der Waals surface area contributed by atoms with Crippen LogP contribution in [0.5, 0.6) is 5.75 Å². The van der Waals surface area contributed by atoms with E-state index in [1.807, 2.05) is 43.3 Å². The molecule has 3 rings (SSSR count). The SMILES string of the molecule is Cc1ccc(COc2ccc(/C=N/NC(=O)Nc3ccc(Br)c(C)c3)cc2I)cc1. The second-order valence-corrected chi connectivity index (χ2v) is 8.77. The molecular weight excluding hydrogens is 557 g/mol. The summed E-state index contributed by atoms with van der Waals surface area (Å²) in [5.41, 5.74) is 7.43. The van der Waals surface area contributed by atoms with Crippen LogP contribution in [0.25, 0.3) is 0 Å². The van der Waals surface area contributed by atoms with Crippen molar-refractivity contribution >= 4 is 56.5 Å². The number of nitrogens with one attached hydrogen (secondary N) is 2. The Balaban J connectivity index is 1.52. The molecule has 0 heterocycles. The third kappa shape index (κ3) is 6.56. The van der Waals surface area contributed by atoms with Gasteiger partial charge in [-0.3, -0.25) is 0 Å². The number of hydrogen-bond donors (Lipinski definition) is 2. The highest BCUT2D eigenvalue weighted by Gasteiger charge is 2.04. The van der Waals surface area contributed by atoms with Gasteiger partial charge in [-0.2, -0.15) is 5.10 Å². The highest BCUT2D eigenvalue weighted by molar-refractivity contribution is 14.1. The molecule has 154 valence electrons. The number of aryl methyl sites for hydroxylation is 2. The molecule has 0 aliphatic heterocycles. The first kappa shape index (κ1) is 22.3. The standard InChI is InChI=1S/C23H21BrIN3O2/c1-15-3-5-17(6-4-15)14-30-22-10-7-18(12-21(22)25)13-26-28-23(29)27-19-8-9-20(24)16(2)11-19/h3-13H,14H2,1-2H3,(H2,27,28,29)/b26-13+. The third-order valence-electron chi connectivity index (χ3n) is 4.27. The van der Waals surface area contributed by atoms with Crippen molar-refractivity contribution in [3.63, 3.8) is 0 Å². The smallest absolute Gasteiger partial charge is 0.339 e. The van der Waals surface area contributed by atoms with E-state index in [2.05, 4.69) is 85.6 Å². The zero-order valence-electron chi connectivity index (χ0n) is 16.6. The van der Waals surface area contributed by atoms with E-state index in [1.54, 1.807) is 6.21 Å². The van der Waals surface area contributed by atoms with Crippen molar-refractivity contribution < 1.29 is 9.53 Å². The largest absolute Gasteiger partial charge is 0.488 e. The Labute approximate surface area is 198 Å². The molecule has 0 saturated carbocycles. The molecule has 0 fully saturated rings. The zero-order chi connectivity index (χ0) is 21.5. The molecule has 0 aliphatic carbocycles.